The van der Waals surface area contributed by atoms with E-state index < -0.39 is 18.0 Å². The van der Waals surface area contributed by atoms with E-state index in [1.165, 1.54) is 0 Å². The first-order chi connectivity index (χ1) is 26.9. The largest absolute Gasteiger partial charge is 0.493 e. The number of aliphatic carboxylic acids is 2. The zero-order valence-corrected chi connectivity index (χ0v) is 33.1. The number of methoxy groups -OCH3 is 3. The van der Waals surface area contributed by atoms with Gasteiger partial charge in [-0.15, -0.1) is 0 Å². The van der Waals surface area contributed by atoms with E-state index in [-0.39, 0.29) is 23.6 Å². The summed E-state index contributed by atoms with van der Waals surface area (Å²) in [7, 11) is 8.82. The van der Waals surface area contributed by atoms with Crippen LogP contribution in [0, 0.1) is 0 Å². The maximum absolute atomic E-state index is 12.6. The number of carboxylic acid groups (broad SMARTS) is 2. The number of ether oxygens (including phenoxy) is 6. The van der Waals surface area contributed by atoms with Gasteiger partial charge in [0.1, 0.15) is 17.8 Å². The minimum absolute atomic E-state index is 0.0518. The number of carboxylic acids is 2. The van der Waals surface area contributed by atoms with Crippen molar-refractivity contribution in [2.45, 2.75) is 51.1 Å². The van der Waals surface area contributed by atoms with Crippen molar-refractivity contribution in [3.05, 3.63) is 94.0 Å². The van der Waals surface area contributed by atoms with Crippen molar-refractivity contribution in [3.63, 3.8) is 0 Å². The van der Waals surface area contributed by atoms with E-state index in [0.717, 1.165) is 39.8 Å². The molecule has 12 heteroatoms. The van der Waals surface area contributed by atoms with Crippen molar-refractivity contribution in [1.29, 1.82) is 0 Å². The molecule has 0 fully saturated rings. The van der Waals surface area contributed by atoms with E-state index in [0.29, 0.717) is 95.9 Å². The molecule has 4 heterocycles. The minimum atomic E-state index is -0.902. The maximum atomic E-state index is 12.6. The third-order valence-electron chi connectivity index (χ3n) is 11.8. The fourth-order valence-corrected chi connectivity index (χ4v) is 8.90. The molecule has 4 aliphatic rings. The van der Waals surface area contributed by atoms with Crippen molar-refractivity contribution < 1.29 is 57.2 Å². The van der Waals surface area contributed by atoms with E-state index in [2.05, 4.69) is 0 Å². The Kier molecular flexibility index (Phi) is 10.8. The third-order valence-corrected chi connectivity index (χ3v) is 11.8. The van der Waals surface area contributed by atoms with Crippen LogP contribution in [0.15, 0.2) is 60.7 Å². The van der Waals surface area contributed by atoms with Crippen LogP contribution in [0.25, 0.3) is 0 Å². The minimum Gasteiger partial charge on any atom is -0.493 e. The average molecular weight is 769 g/mol. The summed E-state index contributed by atoms with van der Waals surface area (Å²) in [6.45, 7) is 3.45. The number of quaternary nitrogens is 2. The summed E-state index contributed by atoms with van der Waals surface area (Å²) >= 11 is 0. The van der Waals surface area contributed by atoms with Crippen LogP contribution < -0.4 is 28.4 Å². The summed E-state index contributed by atoms with van der Waals surface area (Å²) < 4.78 is 38.4. The van der Waals surface area contributed by atoms with Gasteiger partial charge in [-0.1, -0.05) is 25.1 Å². The van der Waals surface area contributed by atoms with E-state index in [1.54, 1.807) is 21.3 Å². The van der Waals surface area contributed by atoms with Crippen molar-refractivity contribution in [3.8, 4) is 46.0 Å². The second-order valence-electron chi connectivity index (χ2n) is 15.6. The van der Waals surface area contributed by atoms with Crippen LogP contribution in [0.4, 0.5) is 0 Å². The molecule has 4 atom stereocenters. The smallest absolute Gasteiger partial charge is 0.359 e. The second kappa shape index (κ2) is 15.6. The summed E-state index contributed by atoms with van der Waals surface area (Å²) in [6.07, 6.45) is 2.98. The predicted octanol–water partition coefficient (Wildman–Crippen LogP) is 7.14. The predicted molar refractivity (Wildman–Crippen MR) is 209 cm³/mol. The van der Waals surface area contributed by atoms with Crippen LogP contribution in [0.5, 0.6) is 46.0 Å². The molecule has 4 aromatic rings. The highest BCUT2D eigenvalue weighted by Crippen LogP contribution is 2.54. The van der Waals surface area contributed by atoms with Gasteiger partial charge in [-0.25, -0.2) is 9.59 Å². The zero-order chi connectivity index (χ0) is 39.8. The lowest BCUT2D eigenvalue weighted by Gasteiger charge is -2.45. The van der Waals surface area contributed by atoms with Crippen LogP contribution in [0.3, 0.4) is 0 Å². The molecule has 12 nitrogen and oxygen atoms in total. The molecule has 6 bridgehead atoms. The molecule has 56 heavy (non-hydrogen) atoms. The maximum Gasteiger partial charge on any atom is 0.359 e. The highest BCUT2D eigenvalue weighted by atomic mass is 16.6. The summed E-state index contributed by atoms with van der Waals surface area (Å²) in [5, 5.41) is 20.5. The molecule has 296 valence electrons. The molecule has 0 radical (unpaired) electrons. The SMILES string of the molecule is CCCOc1c(OC)cc2c3c1Oc1cc4c(cc1OC)CC[N+](C)(CC(=O)O)C4Cc1ccc(cc1)Oc1cc(ccc1OC)CC3[N+](C)(CC(=O)O)CC2. The number of benzene rings is 4. The molecule has 0 saturated heterocycles. The molecule has 0 saturated carbocycles. The molecule has 8 rings (SSSR count). The van der Waals surface area contributed by atoms with Gasteiger partial charge in [0.15, 0.2) is 47.6 Å². The van der Waals surface area contributed by atoms with Crippen molar-refractivity contribution in [2.75, 3.05) is 68.2 Å². The Hall–Kier alpha value is -5.46. The standard InChI is InChI=1S/C44H50N2O10/c1-7-18-54-43-39(53-6)23-30-15-17-46(3,26-41(49)50)34-20-28-10-13-35(51-4)37(21-28)55-31-11-8-27(9-12-31)19-33-32-24-38(56-44(43)42(30)34)36(52-5)22-29(32)14-16-45(33,2)25-40(47)48/h8-13,21-24,33-34H,7,14-20,25-26H2,1-6H3/p+2. The van der Waals surface area contributed by atoms with Crippen molar-refractivity contribution >= 4 is 11.9 Å². The van der Waals surface area contributed by atoms with Crippen molar-refractivity contribution in [1.82, 2.24) is 0 Å². The zero-order valence-electron chi connectivity index (χ0n) is 33.1. The molecule has 0 aliphatic carbocycles. The molecular weight excluding hydrogens is 716 g/mol. The molecule has 0 aromatic heterocycles. The van der Waals surface area contributed by atoms with Gasteiger partial charge < -0.3 is 47.6 Å². The normalized spacial score (nSPS) is 22.3. The van der Waals surface area contributed by atoms with Crippen molar-refractivity contribution in [2.24, 2.45) is 0 Å². The monoisotopic (exact) mass is 768 g/mol. The molecule has 0 amide bonds. The summed E-state index contributed by atoms with van der Waals surface area (Å²) in [5.74, 6) is 2.32. The number of hydrogen-bond donors (Lipinski definition) is 2. The highest BCUT2D eigenvalue weighted by molar-refractivity contribution is 5.69. The number of carbonyl (C=O) groups is 2. The van der Waals surface area contributed by atoms with Gasteiger partial charge in [-0.05, 0) is 71.1 Å². The summed E-state index contributed by atoms with van der Waals surface area (Å²) in [5.41, 5.74) is 5.82. The first kappa shape index (κ1) is 38.8. The Bertz CT molecular complexity index is 2140. The van der Waals surface area contributed by atoms with Gasteiger partial charge in [-0.3, -0.25) is 0 Å². The Morgan fingerprint density at radius 2 is 1.30 bits per heavy atom. The Labute approximate surface area is 327 Å². The van der Waals surface area contributed by atoms with E-state index >= 15 is 0 Å². The third kappa shape index (κ3) is 7.43. The average Bonchev–Trinajstić information content (AvgIpc) is 3.16. The van der Waals surface area contributed by atoms with Gasteiger partial charge in [0.05, 0.1) is 60.7 Å². The van der Waals surface area contributed by atoms with Crippen LogP contribution in [0.1, 0.15) is 58.8 Å². The lowest BCUT2D eigenvalue weighted by Crippen LogP contribution is -2.54. The lowest BCUT2D eigenvalue weighted by molar-refractivity contribution is -0.934. The van der Waals surface area contributed by atoms with Gasteiger partial charge in [-0.2, -0.15) is 0 Å². The lowest BCUT2D eigenvalue weighted by atomic mass is 9.85. The van der Waals surface area contributed by atoms with Crippen LogP contribution in [0.2, 0.25) is 0 Å². The number of nitrogens with zero attached hydrogens (tertiary/aromatic N) is 2. The topological polar surface area (TPSA) is 130 Å². The Morgan fingerprint density at radius 1 is 0.714 bits per heavy atom. The first-order valence-electron chi connectivity index (χ1n) is 19.2. The molecule has 4 aromatic carbocycles. The van der Waals surface area contributed by atoms with E-state index in [4.69, 9.17) is 28.4 Å². The summed E-state index contributed by atoms with van der Waals surface area (Å²) in [4.78, 5) is 25.0. The molecule has 0 spiro atoms. The fourth-order valence-electron chi connectivity index (χ4n) is 8.90. The van der Waals surface area contributed by atoms with Gasteiger partial charge in [0.2, 0.25) is 5.75 Å². The molecule has 4 aliphatic heterocycles. The van der Waals surface area contributed by atoms with Crippen LogP contribution in [-0.4, -0.2) is 99.3 Å². The van der Waals surface area contributed by atoms with Gasteiger partial charge in [0.25, 0.3) is 0 Å². The number of hydrogen-bond acceptors (Lipinski definition) is 8. The molecule has 2 N–H and O–H groups in total. The van der Waals surface area contributed by atoms with Gasteiger partial charge in [0, 0.05) is 31.2 Å². The number of rotatable bonds is 10. The van der Waals surface area contributed by atoms with E-state index in [9.17, 15) is 19.8 Å². The fraction of sp³-hybridized carbons (Fsp3) is 0.409. The van der Waals surface area contributed by atoms with Crippen LogP contribution in [-0.2, 0) is 35.3 Å². The van der Waals surface area contributed by atoms with E-state index in [1.807, 2.05) is 81.7 Å². The van der Waals surface area contributed by atoms with Crippen LogP contribution >= 0.6 is 0 Å². The molecular formula is C44H52N2O10+2. The van der Waals surface area contributed by atoms with Gasteiger partial charge >= 0.3 is 11.9 Å². The number of fused-ring (bicyclic) bond motifs is 2. The Morgan fingerprint density at radius 3 is 1.95 bits per heavy atom. The highest BCUT2D eigenvalue weighted by Gasteiger charge is 2.46. The molecule has 4 unspecified atom stereocenters. The summed E-state index contributed by atoms with van der Waals surface area (Å²) in [6, 6.07) is 19.1. The quantitative estimate of drug-likeness (QED) is 0.161. The second-order valence-corrected chi connectivity index (χ2v) is 15.6. The number of likely N-dealkylation sites (N-methyl/N-ethyl adjacent to an activating group) is 2. The first-order valence-corrected chi connectivity index (χ1v) is 19.2. The Balaban J connectivity index is 1.53.